The molecule has 0 N–H and O–H groups in total. The molecule has 0 aliphatic rings. The zero-order valence-corrected chi connectivity index (χ0v) is 9.07. The van der Waals surface area contributed by atoms with Gasteiger partial charge in [-0.25, -0.2) is 0 Å². The van der Waals surface area contributed by atoms with Gasteiger partial charge in [0.15, 0.2) is 0 Å². The Hall–Kier alpha value is -1.83. The molecule has 15 heavy (non-hydrogen) atoms. The fourth-order valence-corrected chi connectivity index (χ4v) is 1.08. The molecule has 1 aromatic rings. The predicted molar refractivity (Wildman–Crippen MR) is 53.8 cm³/mol. The van der Waals surface area contributed by atoms with Gasteiger partial charge in [0.05, 0.1) is 18.8 Å². The highest BCUT2D eigenvalue weighted by atomic mass is 16.5. The van der Waals surface area contributed by atoms with E-state index >= 15 is 0 Å². The van der Waals surface area contributed by atoms with E-state index < -0.39 is 0 Å². The van der Waals surface area contributed by atoms with Crippen LogP contribution in [-0.2, 0) is 0 Å². The Morgan fingerprint density at radius 2 is 1.60 bits per heavy atom. The lowest BCUT2D eigenvalue weighted by Gasteiger charge is -2.10. The summed E-state index contributed by atoms with van der Waals surface area (Å²) in [7, 11) is 0. The zero-order valence-electron chi connectivity index (χ0n) is 9.07. The van der Waals surface area contributed by atoms with Gasteiger partial charge < -0.3 is 9.47 Å². The molecule has 0 radical (unpaired) electrons. The minimum atomic E-state index is 0.0625. The number of rotatable bonds is 4. The van der Waals surface area contributed by atoms with E-state index in [1.165, 1.54) is 0 Å². The Labute approximate surface area is 88.7 Å². The first kappa shape index (κ1) is 11.2. The fourth-order valence-electron chi connectivity index (χ4n) is 1.08. The number of nitriles is 1. The maximum atomic E-state index is 8.73. The van der Waals surface area contributed by atoms with Crippen molar-refractivity contribution in [3.05, 3.63) is 11.4 Å². The Kier molecular flexibility index (Phi) is 3.86. The first-order valence-corrected chi connectivity index (χ1v) is 4.77. The standard InChI is InChI=1S/C10H13N3O2/c1-4-14-9-7(3)10(15-5-2)13-8(6-11)12-9/h4-5H2,1-3H3. The highest BCUT2D eigenvalue weighted by molar-refractivity contribution is 5.36. The van der Waals surface area contributed by atoms with Crippen molar-refractivity contribution in [2.75, 3.05) is 13.2 Å². The molecule has 0 spiro atoms. The summed E-state index contributed by atoms with van der Waals surface area (Å²) in [5.41, 5.74) is 0.720. The average Bonchev–Trinajstić information content (AvgIpc) is 2.24. The van der Waals surface area contributed by atoms with Crippen molar-refractivity contribution in [1.29, 1.82) is 5.26 Å². The van der Waals surface area contributed by atoms with Gasteiger partial charge in [0, 0.05) is 0 Å². The van der Waals surface area contributed by atoms with E-state index in [9.17, 15) is 0 Å². The fraction of sp³-hybridized carbons (Fsp3) is 0.500. The molecule has 1 rings (SSSR count). The smallest absolute Gasteiger partial charge is 0.238 e. The van der Waals surface area contributed by atoms with Gasteiger partial charge in [0.2, 0.25) is 17.6 Å². The minimum absolute atomic E-state index is 0.0625. The van der Waals surface area contributed by atoms with Crippen LogP contribution in [0.1, 0.15) is 25.2 Å². The van der Waals surface area contributed by atoms with Gasteiger partial charge in [0.1, 0.15) is 6.07 Å². The van der Waals surface area contributed by atoms with Gasteiger partial charge in [-0.2, -0.15) is 15.2 Å². The van der Waals surface area contributed by atoms with Crippen molar-refractivity contribution in [2.45, 2.75) is 20.8 Å². The lowest BCUT2D eigenvalue weighted by Crippen LogP contribution is -2.05. The highest BCUT2D eigenvalue weighted by Gasteiger charge is 2.12. The molecule has 0 saturated carbocycles. The summed E-state index contributed by atoms with van der Waals surface area (Å²) >= 11 is 0. The summed E-state index contributed by atoms with van der Waals surface area (Å²) in [5.74, 6) is 0.882. The number of ether oxygens (including phenoxy) is 2. The summed E-state index contributed by atoms with van der Waals surface area (Å²) in [4.78, 5) is 7.90. The summed E-state index contributed by atoms with van der Waals surface area (Å²) in [6, 6.07) is 1.87. The molecule has 1 heterocycles. The quantitative estimate of drug-likeness (QED) is 0.747. The van der Waals surface area contributed by atoms with Crippen molar-refractivity contribution in [1.82, 2.24) is 9.97 Å². The van der Waals surface area contributed by atoms with Gasteiger partial charge in [-0.1, -0.05) is 0 Å². The summed E-state index contributed by atoms with van der Waals surface area (Å²) in [6.07, 6.45) is 0. The topological polar surface area (TPSA) is 68.0 Å². The number of aromatic nitrogens is 2. The normalized spacial score (nSPS) is 9.47. The molecule has 0 fully saturated rings. The molecule has 0 saturated heterocycles. The van der Waals surface area contributed by atoms with Crippen molar-refractivity contribution in [3.8, 4) is 17.8 Å². The Bertz CT molecular complexity index is 358. The van der Waals surface area contributed by atoms with Gasteiger partial charge in [-0.3, -0.25) is 0 Å². The molecular formula is C10H13N3O2. The zero-order chi connectivity index (χ0) is 11.3. The minimum Gasteiger partial charge on any atom is -0.478 e. The van der Waals surface area contributed by atoms with Gasteiger partial charge in [0.25, 0.3) is 0 Å². The van der Waals surface area contributed by atoms with Crippen LogP contribution in [0.15, 0.2) is 0 Å². The molecule has 0 aliphatic carbocycles. The highest BCUT2D eigenvalue weighted by Crippen LogP contribution is 2.23. The molecule has 0 unspecified atom stereocenters. The number of hydrogen-bond donors (Lipinski definition) is 0. The number of nitrogens with zero attached hydrogens (tertiary/aromatic N) is 3. The maximum Gasteiger partial charge on any atom is 0.238 e. The average molecular weight is 207 g/mol. The Morgan fingerprint density at radius 1 is 1.13 bits per heavy atom. The van der Waals surface area contributed by atoms with E-state index in [0.717, 1.165) is 5.56 Å². The van der Waals surface area contributed by atoms with Crippen molar-refractivity contribution in [3.63, 3.8) is 0 Å². The molecule has 0 bridgehead atoms. The van der Waals surface area contributed by atoms with Crippen LogP contribution in [0.5, 0.6) is 11.8 Å². The van der Waals surface area contributed by atoms with Crippen LogP contribution in [0, 0.1) is 18.3 Å². The third kappa shape index (κ3) is 2.56. The molecule has 5 nitrogen and oxygen atoms in total. The van der Waals surface area contributed by atoms with E-state index in [1.807, 2.05) is 19.9 Å². The molecule has 0 aliphatic heterocycles. The Balaban J connectivity index is 3.15. The lowest BCUT2D eigenvalue weighted by molar-refractivity contribution is 0.300. The molecule has 0 amide bonds. The van der Waals surface area contributed by atoms with E-state index in [1.54, 1.807) is 6.92 Å². The Morgan fingerprint density at radius 3 is 1.93 bits per heavy atom. The van der Waals surface area contributed by atoms with Crippen LogP contribution in [-0.4, -0.2) is 23.2 Å². The first-order valence-electron chi connectivity index (χ1n) is 4.77. The van der Waals surface area contributed by atoms with Gasteiger partial charge >= 0.3 is 0 Å². The van der Waals surface area contributed by atoms with E-state index in [0.29, 0.717) is 25.0 Å². The second kappa shape index (κ2) is 5.15. The molecule has 80 valence electrons. The second-order valence-electron chi connectivity index (χ2n) is 2.76. The first-order chi connectivity index (χ1) is 7.22. The summed E-state index contributed by atoms with van der Waals surface area (Å²) in [5, 5.41) is 8.73. The van der Waals surface area contributed by atoms with Crippen LogP contribution >= 0.6 is 0 Å². The largest absolute Gasteiger partial charge is 0.478 e. The van der Waals surface area contributed by atoms with Crippen LogP contribution in [0.25, 0.3) is 0 Å². The third-order valence-corrected chi connectivity index (χ3v) is 1.72. The SMILES string of the molecule is CCOc1nc(C#N)nc(OCC)c1C. The van der Waals surface area contributed by atoms with Crippen LogP contribution < -0.4 is 9.47 Å². The van der Waals surface area contributed by atoms with Crippen molar-refractivity contribution in [2.24, 2.45) is 0 Å². The lowest BCUT2D eigenvalue weighted by atomic mass is 10.3. The van der Waals surface area contributed by atoms with E-state index in [-0.39, 0.29) is 5.82 Å². The molecule has 1 aromatic heterocycles. The van der Waals surface area contributed by atoms with Crippen molar-refractivity contribution < 1.29 is 9.47 Å². The van der Waals surface area contributed by atoms with Crippen LogP contribution in [0.3, 0.4) is 0 Å². The molecular weight excluding hydrogens is 194 g/mol. The predicted octanol–water partition coefficient (Wildman–Crippen LogP) is 1.45. The third-order valence-electron chi connectivity index (χ3n) is 1.72. The molecule has 0 atom stereocenters. The summed E-state index contributed by atoms with van der Waals surface area (Å²) in [6.45, 7) is 6.50. The van der Waals surface area contributed by atoms with Crippen LogP contribution in [0.2, 0.25) is 0 Å². The molecule has 5 heteroatoms. The molecule has 0 aromatic carbocycles. The van der Waals surface area contributed by atoms with Gasteiger partial charge in [-0.15, -0.1) is 0 Å². The van der Waals surface area contributed by atoms with Crippen LogP contribution in [0.4, 0.5) is 0 Å². The summed E-state index contributed by atoms with van der Waals surface area (Å²) < 4.78 is 10.6. The number of hydrogen-bond acceptors (Lipinski definition) is 5. The maximum absolute atomic E-state index is 8.73. The van der Waals surface area contributed by atoms with E-state index in [2.05, 4.69) is 9.97 Å². The monoisotopic (exact) mass is 207 g/mol. The van der Waals surface area contributed by atoms with Gasteiger partial charge in [-0.05, 0) is 20.8 Å². The van der Waals surface area contributed by atoms with E-state index in [4.69, 9.17) is 14.7 Å². The van der Waals surface area contributed by atoms with Crippen molar-refractivity contribution >= 4 is 0 Å². The second-order valence-corrected chi connectivity index (χ2v) is 2.76.